The van der Waals surface area contributed by atoms with Gasteiger partial charge in [0.25, 0.3) is 5.91 Å². The zero-order chi connectivity index (χ0) is 19.1. The smallest absolute Gasteiger partial charge is 0.263 e. The molecule has 1 aromatic heterocycles. The van der Waals surface area contributed by atoms with E-state index < -0.39 is 0 Å². The van der Waals surface area contributed by atoms with Gasteiger partial charge in [-0.3, -0.25) is 4.79 Å². The van der Waals surface area contributed by atoms with E-state index >= 15 is 0 Å². The summed E-state index contributed by atoms with van der Waals surface area (Å²) in [4.78, 5) is 13.5. The van der Waals surface area contributed by atoms with Gasteiger partial charge < -0.3 is 0 Å². The van der Waals surface area contributed by atoms with Gasteiger partial charge in [0.15, 0.2) is 0 Å². The van der Waals surface area contributed by atoms with Crippen LogP contribution in [0.3, 0.4) is 0 Å². The van der Waals surface area contributed by atoms with Crippen LogP contribution in [0.4, 0.5) is 0 Å². The van der Waals surface area contributed by atoms with E-state index in [-0.39, 0.29) is 12.5 Å². The Labute approximate surface area is 158 Å². The van der Waals surface area contributed by atoms with Crippen LogP contribution in [0.2, 0.25) is 0 Å². The molecular weight excluding hydrogens is 340 g/mol. The third-order valence-corrected chi connectivity index (χ3v) is 3.79. The Morgan fingerprint density at radius 3 is 2.41 bits per heavy atom. The van der Waals surface area contributed by atoms with Gasteiger partial charge in [-0.25, -0.2) is 5.43 Å². The number of rotatable bonds is 7. The van der Waals surface area contributed by atoms with Crippen molar-refractivity contribution in [2.75, 3.05) is 0 Å². The van der Waals surface area contributed by atoms with Crippen LogP contribution in [0, 0.1) is 5.92 Å². The maximum Gasteiger partial charge on any atom is 0.263 e. The van der Waals surface area contributed by atoms with E-state index in [0.29, 0.717) is 11.7 Å². The maximum atomic E-state index is 12.2. The lowest BCUT2D eigenvalue weighted by Gasteiger charge is -2.09. The second kappa shape index (κ2) is 8.84. The highest BCUT2D eigenvalue weighted by Crippen LogP contribution is 2.12. The SMILES string of the molecule is CC(C)C/C(=N/NC(=O)Cn1nnc(-c2ccccc2)n1)c1ccccc1. The van der Waals surface area contributed by atoms with E-state index in [0.717, 1.165) is 23.3 Å². The highest BCUT2D eigenvalue weighted by molar-refractivity contribution is 6.01. The number of aromatic nitrogens is 4. The first-order valence-corrected chi connectivity index (χ1v) is 8.86. The number of amides is 1. The number of carbonyl (C=O) groups excluding carboxylic acids is 1. The van der Waals surface area contributed by atoms with Gasteiger partial charge in [-0.1, -0.05) is 74.5 Å². The second-order valence-corrected chi connectivity index (χ2v) is 6.57. The number of hydrogen-bond acceptors (Lipinski definition) is 5. The molecule has 7 nitrogen and oxygen atoms in total. The summed E-state index contributed by atoms with van der Waals surface area (Å²) in [5.41, 5.74) is 5.30. The summed E-state index contributed by atoms with van der Waals surface area (Å²) < 4.78 is 0. The highest BCUT2D eigenvalue weighted by Gasteiger charge is 2.10. The summed E-state index contributed by atoms with van der Waals surface area (Å²) in [5, 5.41) is 16.5. The predicted octanol–water partition coefficient (Wildman–Crippen LogP) is 2.91. The predicted molar refractivity (Wildman–Crippen MR) is 104 cm³/mol. The third kappa shape index (κ3) is 5.31. The molecule has 3 aromatic rings. The molecule has 0 aliphatic rings. The number of hydrazone groups is 1. The summed E-state index contributed by atoms with van der Waals surface area (Å²) in [6, 6.07) is 19.3. The molecule has 0 aliphatic carbocycles. The first kappa shape index (κ1) is 18.4. The molecule has 7 heteroatoms. The van der Waals surface area contributed by atoms with Crippen LogP contribution < -0.4 is 5.43 Å². The molecule has 0 bridgehead atoms. The summed E-state index contributed by atoms with van der Waals surface area (Å²) in [6.07, 6.45) is 0.768. The number of tetrazole rings is 1. The van der Waals surface area contributed by atoms with E-state index in [4.69, 9.17) is 0 Å². The molecular formula is C20H22N6O. The summed E-state index contributed by atoms with van der Waals surface area (Å²) >= 11 is 0. The molecule has 0 saturated heterocycles. The van der Waals surface area contributed by atoms with E-state index in [1.54, 1.807) is 0 Å². The fourth-order valence-electron chi connectivity index (χ4n) is 2.55. The second-order valence-electron chi connectivity index (χ2n) is 6.57. The standard InChI is InChI=1S/C20H22N6O/c1-15(2)13-18(16-9-5-3-6-10-16)21-22-19(27)14-26-24-20(23-25-26)17-11-7-4-8-12-17/h3-12,15H,13-14H2,1-2H3,(H,22,27)/b21-18-. The Kier molecular flexibility index (Phi) is 6.04. The highest BCUT2D eigenvalue weighted by atomic mass is 16.2. The van der Waals surface area contributed by atoms with Gasteiger partial charge in [-0.05, 0) is 23.1 Å². The number of hydrogen-bond donors (Lipinski definition) is 1. The first-order valence-electron chi connectivity index (χ1n) is 8.86. The van der Waals surface area contributed by atoms with Crippen molar-refractivity contribution < 1.29 is 4.79 Å². The Balaban J connectivity index is 1.66. The Hall–Kier alpha value is -3.35. The van der Waals surface area contributed by atoms with E-state index in [2.05, 4.69) is 39.8 Å². The molecule has 0 spiro atoms. The van der Waals surface area contributed by atoms with Gasteiger partial charge in [-0.15, -0.1) is 10.2 Å². The molecule has 1 N–H and O–H groups in total. The monoisotopic (exact) mass is 362 g/mol. The van der Waals surface area contributed by atoms with E-state index in [1.165, 1.54) is 4.80 Å². The van der Waals surface area contributed by atoms with E-state index in [1.807, 2.05) is 60.7 Å². The number of benzene rings is 2. The average Bonchev–Trinajstić information content (AvgIpc) is 3.14. The van der Waals surface area contributed by atoms with Crippen LogP contribution in [0.15, 0.2) is 65.8 Å². The molecule has 2 aromatic carbocycles. The fourth-order valence-corrected chi connectivity index (χ4v) is 2.55. The molecule has 0 radical (unpaired) electrons. The zero-order valence-electron chi connectivity index (χ0n) is 15.4. The summed E-state index contributed by atoms with van der Waals surface area (Å²) in [6.45, 7) is 4.18. The molecule has 0 unspecified atom stereocenters. The first-order chi connectivity index (χ1) is 13.1. The molecule has 0 fully saturated rings. The molecule has 3 rings (SSSR count). The van der Waals surface area contributed by atoms with Crippen molar-refractivity contribution in [1.29, 1.82) is 0 Å². The lowest BCUT2D eigenvalue weighted by atomic mass is 10.0. The lowest BCUT2D eigenvalue weighted by molar-refractivity contribution is -0.122. The molecule has 1 heterocycles. The number of nitrogens with one attached hydrogen (secondary N) is 1. The van der Waals surface area contributed by atoms with Gasteiger partial charge in [0.1, 0.15) is 6.54 Å². The Bertz CT molecular complexity index is 902. The normalized spacial score (nSPS) is 11.6. The molecule has 0 aliphatic heterocycles. The van der Waals surface area contributed by atoms with Gasteiger partial charge in [-0.2, -0.15) is 9.90 Å². The van der Waals surface area contributed by atoms with Crippen molar-refractivity contribution in [2.24, 2.45) is 11.0 Å². The maximum absolute atomic E-state index is 12.2. The van der Waals surface area contributed by atoms with Crippen LogP contribution in [0.1, 0.15) is 25.8 Å². The van der Waals surface area contributed by atoms with Crippen LogP contribution in [0.5, 0.6) is 0 Å². The Morgan fingerprint density at radius 1 is 1.07 bits per heavy atom. The van der Waals surface area contributed by atoms with Crippen LogP contribution in [-0.2, 0) is 11.3 Å². The van der Waals surface area contributed by atoms with Gasteiger partial charge in [0.2, 0.25) is 5.82 Å². The quantitative estimate of drug-likeness (QED) is 0.517. The van der Waals surface area contributed by atoms with E-state index in [9.17, 15) is 4.79 Å². The van der Waals surface area contributed by atoms with Gasteiger partial charge in [0, 0.05) is 5.56 Å². The topological polar surface area (TPSA) is 85.1 Å². The minimum Gasteiger partial charge on any atom is -0.271 e. The largest absolute Gasteiger partial charge is 0.271 e. The number of carbonyl (C=O) groups is 1. The van der Waals surface area contributed by atoms with Crippen LogP contribution in [0.25, 0.3) is 11.4 Å². The Morgan fingerprint density at radius 2 is 1.74 bits per heavy atom. The van der Waals surface area contributed by atoms with Crippen molar-refractivity contribution in [3.8, 4) is 11.4 Å². The molecule has 1 amide bonds. The molecule has 0 saturated carbocycles. The van der Waals surface area contributed by atoms with Crippen molar-refractivity contribution in [3.05, 3.63) is 66.2 Å². The summed E-state index contributed by atoms with van der Waals surface area (Å²) in [7, 11) is 0. The van der Waals surface area contributed by atoms with Crippen LogP contribution in [-0.4, -0.2) is 31.8 Å². The van der Waals surface area contributed by atoms with Crippen molar-refractivity contribution in [3.63, 3.8) is 0 Å². The summed E-state index contributed by atoms with van der Waals surface area (Å²) in [5.74, 6) is 0.604. The van der Waals surface area contributed by atoms with Crippen molar-refractivity contribution >= 4 is 11.6 Å². The third-order valence-electron chi connectivity index (χ3n) is 3.79. The van der Waals surface area contributed by atoms with Crippen molar-refractivity contribution in [1.82, 2.24) is 25.6 Å². The van der Waals surface area contributed by atoms with Crippen molar-refractivity contribution in [2.45, 2.75) is 26.8 Å². The molecule has 138 valence electrons. The minimum absolute atomic E-state index is 0.0485. The fraction of sp³-hybridized carbons (Fsp3) is 0.250. The van der Waals surface area contributed by atoms with Gasteiger partial charge >= 0.3 is 0 Å². The zero-order valence-corrected chi connectivity index (χ0v) is 15.4. The lowest BCUT2D eigenvalue weighted by Crippen LogP contribution is -2.26. The number of nitrogens with zero attached hydrogens (tertiary/aromatic N) is 5. The molecule has 27 heavy (non-hydrogen) atoms. The average molecular weight is 362 g/mol. The van der Waals surface area contributed by atoms with Crippen LogP contribution >= 0.6 is 0 Å². The minimum atomic E-state index is -0.302. The molecule has 0 atom stereocenters. The van der Waals surface area contributed by atoms with Gasteiger partial charge in [0.05, 0.1) is 5.71 Å².